The molecule has 0 atom stereocenters. The molecule has 0 saturated heterocycles. The fourth-order valence-electron chi connectivity index (χ4n) is 2.50. The topological polar surface area (TPSA) is 68.3 Å². The first-order valence-corrected chi connectivity index (χ1v) is 8.78. The van der Waals surface area contributed by atoms with Gasteiger partial charge in [0, 0.05) is 23.5 Å². The van der Waals surface area contributed by atoms with E-state index in [0.717, 1.165) is 16.8 Å². The van der Waals surface area contributed by atoms with Gasteiger partial charge >= 0.3 is 0 Å². The molecule has 0 aliphatic rings. The first-order valence-electron chi connectivity index (χ1n) is 8.40. The number of rotatable bonds is 7. The Morgan fingerprint density at radius 3 is 2.56 bits per heavy atom. The van der Waals surface area contributed by atoms with E-state index < -0.39 is 0 Å². The van der Waals surface area contributed by atoms with Gasteiger partial charge < -0.3 is 20.1 Å². The van der Waals surface area contributed by atoms with E-state index in [1.165, 1.54) is 0 Å². The molecule has 1 aromatic heterocycles. The van der Waals surface area contributed by atoms with Crippen LogP contribution >= 0.6 is 11.6 Å². The highest BCUT2D eigenvalue weighted by Crippen LogP contribution is 2.28. The summed E-state index contributed by atoms with van der Waals surface area (Å²) >= 11 is 6.16. The number of nitrogens with one attached hydrogen (secondary N) is 2. The van der Waals surface area contributed by atoms with Crippen LogP contribution in [0.15, 0.2) is 48.7 Å². The zero-order valence-electron chi connectivity index (χ0n) is 15.4. The van der Waals surface area contributed by atoms with Crippen LogP contribution < -0.4 is 20.1 Å². The van der Waals surface area contributed by atoms with Crippen LogP contribution in [0.4, 0.5) is 17.5 Å². The van der Waals surface area contributed by atoms with E-state index >= 15 is 0 Å². The highest BCUT2D eigenvalue weighted by atomic mass is 35.5. The standard InChI is InChI=1S/C20H21ClN4O2/c1-13-4-6-15(11-16(13)21)24-20-22-9-8-19(25-20)23-12-14-5-7-17(26-2)18(10-14)27-3/h4-11H,12H2,1-3H3,(H2,22,23,24,25). The molecule has 0 aliphatic carbocycles. The average Bonchev–Trinajstić information content (AvgIpc) is 2.69. The van der Waals surface area contributed by atoms with Crippen LogP contribution in [0, 0.1) is 6.92 Å². The minimum atomic E-state index is 0.493. The van der Waals surface area contributed by atoms with E-state index in [9.17, 15) is 0 Å². The lowest BCUT2D eigenvalue weighted by molar-refractivity contribution is 0.354. The molecule has 1 heterocycles. The molecule has 0 spiro atoms. The second-order valence-corrected chi connectivity index (χ2v) is 6.30. The third-order valence-corrected chi connectivity index (χ3v) is 4.41. The molecule has 0 saturated carbocycles. The number of aromatic nitrogens is 2. The van der Waals surface area contributed by atoms with Crippen molar-refractivity contribution in [3.63, 3.8) is 0 Å². The summed E-state index contributed by atoms with van der Waals surface area (Å²) in [5, 5.41) is 7.14. The van der Waals surface area contributed by atoms with Crippen molar-refractivity contribution in [1.29, 1.82) is 0 Å². The van der Waals surface area contributed by atoms with Crippen molar-refractivity contribution in [3.05, 3.63) is 64.8 Å². The van der Waals surface area contributed by atoms with Gasteiger partial charge in [-0.05, 0) is 48.4 Å². The Labute approximate surface area is 163 Å². The molecule has 6 nitrogen and oxygen atoms in total. The van der Waals surface area contributed by atoms with E-state index in [2.05, 4.69) is 20.6 Å². The fourth-order valence-corrected chi connectivity index (χ4v) is 2.68. The van der Waals surface area contributed by atoms with Gasteiger partial charge in [-0.25, -0.2) is 4.98 Å². The van der Waals surface area contributed by atoms with Gasteiger partial charge in [0.1, 0.15) is 5.82 Å². The molecular weight excluding hydrogens is 364 g/mol. The van der Waals surface area contributed by atoms with Crippen LogP contribution in [-0.2, 0) is 6.54 Å². The van der Waals surface area contributed by atoms with Gasteiger partial charge in [-0.3, -0.25) is 0 Å². The van der Waals surface area contributed by atoms with Crippen molar-refractivity contribution in [2.24, 2.45) is 0 Å². The number of hydrogen-bond donors (Lipinski definition) is 2. The zero-order chi connectivity index (χ0) is 19.2. The molecule has 3 aromatic rings. The molecule has 0 fully saturated rings. The minimum Gasteiger partial charge on any atom is -0.493 e. The highest BCUT2D eigenvalue weighted by Gasteiger charge is 2.06. The summed E-state index contributed by atoms with van der Waals surface area (Å²) in [6.07, 6.45) is 1.70. The molecule has 0 aliphatic heterocycles. The number of hydrogen-bond acceptors (Lipinski definition) is 6. The molecule has 2 N–H and O–H groups in total. The number of benzene rings is 2. The van der Waals surface area contributed by atoms with Crippen molar-refractivity contribution >= 4 is 29.1 Å². The summed E-state index contributed by atoms with van der Waals surface area (Å²) in [6, 6.07) is 13.3. The predicted octanol–water partition coefficient (Wildman–Crippen LogP) is 4.81. The van der Waals surface area contributed by atoms with Crippen LogP contribution in [0.1, 0.15) is 11.1 Å². The SMILES string of the molecule is COc1ccc(CNc2ccnc(Nc3ccc(C)c(Cl)c3)n2)cc1OC. The van der Waals surface area contributed by atoms with Gasteiger partial charge in [0.15, 0.2) is 11.5 Å². The molecule has 7 heteroatoms. The maximum absolute atomic E-state index is 6.16. The summed E-state index contributed by atoms with van der Waals surface area (Å²) in [4.78, 5) is 8.73. The Kier molecular flexibility index (Phi) is 5.98. The highest BCUT2D eigenvalue weighted by molar-refractivity contribution is 6.31. The molecule has 3 rings (SSSR count). The minimum absolute atomic E-state index is 0.493. The average molecular weight is 385 g/mol. The van der Waals surface area contributed by atoms with Crippen molar-refractivity contribution in [2.75, 3.05) is 24.9 Å². The fraction of sp³-hybridized carbons (Fsp3) is 0.200. The Bertz CT molecular complexity index is 934. The number of anilines is 3. The van der Waals surface area contributed by atoms with Gasteiger partial charge in [-0.2, -0.15) is 4.98 Å². The van der Waals surface area contributed by atoms with Crippen LogP contribution in [0.2, 0.25) is 5.02 Å². The third kappa shape index (κ3) is 4.80. The van der Waals surface area contributed by atoms with E-state index in [-0.39, 0.29) is 0 Å². The van der Waals surface area contributed by atoms with Crippen molar-refractivity contribution < 1.29 is 9.47 Å². The number of aryl methyl sites for hydroxylation is 1. The van der Waals surface area contributed by atoms with Crippen LogP contribution in [-0.4, -0.2) is 24.2 Å². The van der Waals surface area contributed by atoms with Gasteiger partial charge in [0.2, 0.25) is 5.95 Å². The lowest BCUT2D eigenvalue weighted by Gasteiger charge is -2.11. The quantitative estimate of drug-likeness (QED) is 0.609. The number of ether oxygens (including phenoxy) is 2. The Morgan fingerprint density at radius 2 is 1.81 bits per heavy atom. The zero-order valence-corrected chi connectivity index (χ0v) is 16.2. The second-order valence-electron chi connectivity index (χ2n) is 5.90. The Hall–Kier alpha value is -2.99. The summed E-state index contributed by atoms with van der Waals surface area (Å²) in [5.41, 5.74) is 2.90. The van der Waals surface area contributed by atoms with Crippen molar-refractivity contribution in [2.45, 2.75) is 13.5 Å². The summed E-state index contributed by atoms with van der Waals surface area (Å²) in [5.74, 6) is 2.59. The largest absolute Gasteiger partial charge is 0.493 e. The summed E-state index contributed by atoms with van der Waals surface area (Å²) in [7, 11) is 3.24. The van der Waals surface area contributed by atoms with E-state index in [4.69, 9.17) is 21.1 Å². The second kappa shape index (κ2) is 8.60. The van der Waals surface area contributed by atoms with E-state index in [1.807, 2.05) is 49.4 Å². The first-order chi connectivity index (χ1) is 13.1. The lowest BCUT2D eigenvalue weighted by atomic mass is 10.2. The van der Waals surface area contributed by atoms with Gasteiger partial charge in [-0.15, -0.1) is 0 Å². The van der Waals surface area contributed by atoms with Crippen LogP contribution in [0.5, 0.6) is 11.5 Å². The maximum atomic E-state index is 6.16. The Balaban J connectivity index is 1.68. The van der Waals surface area contributed by atoms with E-state index in [1.54, 1.807) is 20.4 Å². The van der Waals surface area contributed by atoms with Crippen molar-refractivity contribution in [3.8, 4) is 11.5 Å². The third-order valence-electron chi connectivity index (χ3n) is 4.01. The van der Waals surface area contributed by atoms with E-state index in [0.29, 0.717) is 34.8 Å². The summed E-state index contributed by atoms with van der Waals surface area (Å²) in [6.45, 7) is 2.55. The normalized spacial score (nSPS) is 10.4. The maximum Gasteiger partial charge on any atom is 0.229 e. The predicted molar refractivity (Wildman–Crippen MR) is 108 cm³/mol. The summed E-state index contributed by atoms with van der Waals surface area (Å²) < 4.78 is 10.6. The van der Waals surface area contributed by atoms with Gasteiger partial charge in [0.05, 0.1) is 14.2 Å². The molecule has 0 amide bonds. The molecule has 0 radical (unpaired) electrons. The molecule has 27 heavy (non-hydrogen) atoms. The Morgan fingerprint density at radius 1 is 1.00 bits per heavy atom. The molecular formula is C20H21ClN4O2. The molecule has 140 valence electrons. The first kappa shape index (κ1) is 18.8. The molecule has 2 aromatic carbocycles. The van der Waals surface area contributed by atoms with Gasteiger partial charge in [-0.1, -0.05) is 23.7 Å². The van der Waals surface area contributed by atoms with Crippen LogP contribution in [0.3, 0.4) is 0 Å². The number of nitrogens with zero attached hydrogens (tertiary/aromatic N) is 2. The van der Waals surface area contributed by atoms with Crippen molar-refractivity contribution in [1.82, 2.24) is 9.97 Å². The molecule has 0 unspecified atom stereocenters. The lowest BCUT2D eigenvalue weighted by Crippen LogP contribution is -2.04. The number of methoxy groups -OCH3 is 2. The number of halogens is 1. The monoisotopic (exact) mass is 384 g/mol. The smallest absolute Gasteiger partial charge is 0.229 e. The van der Waals surface area contributed by atoms with Gasteiger partial charge in [0.25, 0.3) is 0 Å². The van der Waals surface area contributed by atoms with Crippen LogP contribution in [0.25, 0.3) is 0 Å². The molecule has 0 bridgehead atoms.